The van der Waals surface area contributed by atoms with E-state index in [1.807, 2.05) is 23.1 Å². The summed E-state index contributed by atoms with van der Waals surface area (Å²) >= 11 is 0. The summed E-state index contributed by atoms with van der Waals surface area (Å²) in [5.74, 6) is 1.99. The van der Waals surface area contributed by atoms with Gasteiger partial charge in [-0.2, -0.15) is 0 Å². The van der Waals surface area contributed by atoms with Gasteiger partial charge in [-0.05, 0) is 37.0 Å². The molecule has 0 saturated carbocycles. The molecule has 1 fully saturated rings. The number of rotatable bonds is 5. The summed E-state index contributed by atoms with van der Waals surface area (Å²) in [4.78, 5) is 21.5. The number of hydrogen-bond acceptors (Lipinski definition) is 8. The molecule has 0 unspecified atom stereocenters. The Balaban J connectivity index is 1.56. The third kappa shape index (κ3) is 3.19. The number of nitrogens with one attached hydrogen (secondary N) is 1. The van der Waals surface area contributed by atoms with Crippen molar-refractivity contribution in [2.75, 3.05) is 30.1 Å². The fourth-order valence-corrected chi connectivity index (χ4v) is 3.24. The van der Waals surface area contributed by atoms with Crippen molar-refractivity contribution in [2.45, 2.75) is 25.8 Å². The van der Waals surface area contributed by atoms with Crippen LogP contribution in [0.15, 0.2) is 24.5 Å². The Morgan fingerprint density at radius 3 is 2.77 bits per heavy atom. The first kappa shape index (κ1) is 16.4. The number of aromatic nitrogens is 2. The largest absolute Gasteiger partial charge is 0.454 e. The van der Waals surface area contributed by atoms with Crippen LogP contribution in [0.2, 0.25) is 0 Å². The molecule has 136 valence electrons. The lowest BCUT2D eigenvalue weighted by atomic mass is 10.1. The standard InChI is InChI=1S/C17H19N5O4/c23-22(24)15-16(19-10-20-17(15)21-6-2-1-3-7-21)18-9-12-4-5-13-14(8-12)26-11-25-13/h4-5,8,10H,1-3,6-7,9,11H2,(H,18,19,20). The number of fused-ring (bicyclic) bond motifs is 1. The van der Waals surface area contributed by atoms with Crippen molar-refractivity contribution in [2.24, 2.45) is 0 Å². The average molecular weight is 357 g/mol. The minimum absolute atomic E-state index is 0.0739. The number of nitrogens with zero attached hydrogens (tertiary/aromatic N) is 4. The zero-order chi connectivity index (χ0) is 17.9. The maximum atomic E-state index is 11.7. The Labute approximate surface area is 150 Å². The fraction of sp³-hybridized carbons (Fsp3) is 0.412. The third-order valence-corrected chi connectivity index (χ3v) is 4.54. The molecule has 1 aromatic carbocycles. The average Bonchev–Trinajstić information content (AvgIpc) is 3.14. The van der Waals surface area contributed by atoms with Crippen LogP contribution in [0.5, 0.6) is 11.5 Å². The second kappa shape index (κ2) is 7.03. The van der Waals surface area contributed by atoms with Crippen LogP contribution >= 0.6 is 0 Å². The quantitative estimate of drug-likeness (QED) is 0.644. The SMILES string of the molecule is O=[N+]([O-])c1c(NCc2ccc3c(c2)OCO3)ncnc1N1CCCCC1. The lowest BCUT2D eigenvalue weighted by molar-refractivity contribution is -0.383. The zero-order valence-electron chi connectivity index (χ0n) is 14.2. The fourth-order valence-electron chi connectivity index (χ4n) is 3.24. The molecule has 2 aliphatic rings. The summed E-state index contributed by atoms with van der Waals surface area (Å²) in [6.07, 6.45) is 4.55. The molecular formula is C17H19N5O4. The predicted octanol–water partition coefficient (Wildman–Crippen LogP) is 2.72. The Kier molecular flexibility index (Phi) is 4.42. The highest BCUT2D eigenvalue weighted by atomic mass is 16.7. The number of benzene rings is 1. The number of ether oxygens (including phenoxy) is 2. The number of nitro groups is 1. The maximum Gasteiger partial charge on any atom is 0.353 e. The van der Waals surface area contributed by atoms with E-state index in [0.29, 0.717) is 23.9 Å². The van der Waals surface area contributed by atoms with E-state index in [9.17, 15) is 10.1 Å². The molecule has 4 rings (SSSR count). The van der Waals surface area contributed by atoms with Crippen molar-refractivity contribution < 1.29 is 14.4 Å². The van der Waals surface area contributed by atoms with Crippen molar-refractivity contribution in [3.05, 3.63) is 40.2 Å². The van der Waals surface area contributed by atoms with Gasteiger partial charge in [-0.15, -0.1) is 0 Å². The van der Waals surface area contributed by atoms with E-state index >= 15 is 0 Å². The highest BCUT2D eigenvalue weighted by Gasteiger charge is 2.27. The second-order valence-corrected chi connectivity index (χ2v) is 6.24. The Morgan fingerprint density at radius 1 is 1.15 bits per heavy atom. The lowest BCUT2D eigenvalue weighted by Gasteiger charge is -2.27. The van der Waals surface area contributed by atoms with Gasteiger partial charge in [0.25, 0.3) is 0 Å². The smallest absolute Gasteiger partial charge is 0.353 e. The summed E-state index contributed by atoms with van der Waals surface area (Å²) < 4.78 is 10.7. The van der Waals surface area contributed by atoms with Gasteiger partial charge < -0.3 is 19.7 Å². The zero-order valence-corrected chi connectivity index (χ0v) is 14.2. The van der Waals surface area contributed by atoms with Gasteiger partial charge >= 0.3 is 5.69 Å². The molecule has 0 radical (unpaired) electrons. The van der Waals surface area contributed by atoms with E-state index in [1.54, 1.807) is 0 Å². The van der Waals surface area contributed by atoms with Gasteiger partial charge in [0.2, 0.25) is 18.4 Å². The van der Waals surface area contributed by atoms with Gasteiger partial charge in [-0.3, -0.25) is 10.1 Å². The monoisotopic (exact) mass is 357 g/mol. The molecule has 3 heterocycles. The van der Waals surface area contributed by atoms with E-state index in [4.69, 9.17) is 9.47 Å². The number of hydrogen-bond donors (Lipinski definition) is 1. The first-order chi connectivity index (χ1) is 12.7. The normalized spacial score (nSPS) is 15.8. The number of anilines is 2. The maximum absolute atomic E-state index is 11.7. The van der Waals surface area contributed by atoms with Crippen molar-refractivity contribution in [1.82, 2.24) is 9.97 Å². The molecule has 1 N–H and O–H groups in total. The molecule has 0 aliphatic carbocycles. The minimum Gasteiger partial charge on any atom is -0.454 e. The van der Waals surface area contributed by atoms with Crippen molar-refractivity contribution in [3.8, 4) is 11.5 Å². The van der Waals surface area contributed by atoms with Crippen LogP contribution in [0, 0.1) is 10.1 Å². The molecule has 0 bridgehead atoms. The highest BCUT2D eigenvalue weighted by Crippen LogP contribution is 2.35. The summed E-state index contributed by atoms with van der Waals surface area (Å²) in [7, 11) is 0. The van der Waals surface area contributed by atoms with Crippen LogP contribution in [0.4, 0.5) is 17.3 Å². The van der Waals surface area contributed by atoms with Crippen molar-refractivity contribution in [1.29, 1.82) is 0 Å². The first-order valence-corrected chi connectivity index (χ1v) is 8.59. The van der Waals surface area contributed by atoms with E-state index in [-0.39, 0.29) is 18.3 Å². The van der Waals surface area contributed by atoms with E-state index in [0.717, 1.165) is 37.9 Å². The molecule has 1 saturated heterocycles. The summed E-state index contributed by atoms with van der Waals surface area (Å²) in [5, 5.41) is 14.7. The molecule has 9 heteroatoms. The van der Waals surface area contributed by atoms with Crippen LogP contribution in [0.3, 0.4) is 0 Å². The molecule has 26 heavy (non-hydrogen) atoms. The Bertz CT molecular complexity index is 823. The van der Waals surface area contributed by atoms with Gasteiger partial charge in [0, 0.05) is 19.6 Å². The molecule has 1 aromatic heterocycles. The summed E-state index contributed by atoms with van der Waals surface area (Å²) in [5.41, 5.74) is 0.844. The van der Waals surface area contributed by atoms with Crippen LogP contribution in [0.25, 0.3) is 0 Å². The van der Waals surface area contributed by atoms with Gasteiger partial charge in [-0.25, -0.2) is 9.97 Å². The highest BCUT2D eigenvalue weighted by molar-refractivity contribution is 5.70. The van der Waals surface area contributed by atoms with Crippen LogP contribution < -0.4 is 19.7 Å². The molecule has 2 aliphatic heterocycles. The van der Waals surface area contributed by atoms with E-state index < -0.39 is 4.92 Å². The van der Waals surface area contributed by atoms with Crippen LogP contribution in [-0.4, -0.2) is 34.8 Å². The summed E-state index contributed by atoms with van der Waals surface area (Å²) in [6, 6.07) is 5.57. The number of piperidine rings is 1. The van der Waals surface area contributed by atoms with Crippen molar-refractivity contribution in [3.63, 3.8) is 0 Å². The Hall–Kier alpha value is -3.10. The predicted molar refractivity (Wildman–Crippen MR) is 94.6 cm³/mol. The Morgan fingerprint density at radius 2 is 1.96 bits per heavy atom. The molecule has 0 atom stereocenters. The summed E-state index contributed by atoms with van der Waals surface area (Å²) in [6.45, 7) is 2.15. The second-order valence-electron chi connectivity index (χ2n) is 6.24. The van der Waals surface area contributed by atoms with Gasteiger partial charge in [0.15, 0.2) is 11.5 Å². The van der Waals surface area contributed by atoms with E-state index in [1.165, 1.54) is 6.33 Å². The van der Waals surface area contributed by atoms with Crippen molar-refractivity contribution >= 4 is 17.3 Å². The lowest BCUT2D eigenvalue weighted by Crippen LogP contribution is -2.31. The van der Waals surface area contributed by atoms with E-state index in [2.05, 4.69) is 15.3 Å². The first-order valence-electron chi connectivity index (χ1n) is 8.59. The van der Waals surface area contributed by atoms with Gasteiger partial charge in [-0.1, -0.05) is 6.07 Å². The van der Waals surface area contributed by atoms with Crippen LogP contribution in [0.1, 0.15) is 24.8 Å². The molecular weight excluding hydrogens is 338 g/mol. The molecule has 2 aromatic rings. The van der Waals surface area contributed by atoms with Gasteiger partial charge in [0.05, 0.1) is 4.92 Å². The minimum atomic E-state index is -0.411. The molecule has 0 spiro atoms. The third-order valence-electron chi connectivity index (χ3n) is 4.54. The topological polar surface area (TPSA) is 103 Å². The molecule has 0 amide bonds. The van der Waals surface area contributed by atoms with Crippen LogP contribution in [-0.2, 0) is 6.54 Å². The molecule has 9 nitrogen and oxygen atoms in total. The van der Waals surface area contributed by atoms with Gasteiger partial charge in [0.1, 0.15) is 6.33 Å².